The molecule has 2 heterocycles. The highest BCUT2D eigenvalue weighted by Gasteiger charge is 2.16. The van der Waals surface area contributed by atoms with E-state index in [2.05, 4.69) is 47.4 Å². The van der Waals surface area contributed by atoms with Crippen molar-refractivity contribution in [3.05, 3.63) is 83.2 Å². The van der Waals surface area contributed by atoms with E-state index in [-0.39, 0.29) is 5.91 Å². The summed E-state index contributed by atoms with van der Waals surface area (Å²) in [6, 6.07) is 15.8. The third-order valence-electron chi connectivity index (χ3n) is 5.04. The second kappa shape index (κ2) is 7.75. The summed E-state index contributed by atoms with van der Waals surface area (Å²) in [7, 11) is 1.62. The molecule has 0 bridgehead atoms. The van der Waals surface area contributed by atoms with Crippen LogP contribution in [0.25, 0.3) is 16.9 Å². The maximum Gasteiger partial charge on any atom is 0.257 e. The van der Waals surface area contributed by atoms with Crippen molar-refractivity contribution >= 4 is 11.6 Å². The van der Waals surface area contributed by atoms with Gasteiger partial charge in [0, 0.05) is 18.3 Å². The lowest BCUT2D eigenvalue weighted by Gasteiger charge is -2.08. The molecule has 0 aliphatic heterocycles. The quantitative estimate of drug-likeness (QED) is 0.564. The molecule has 0 spiro atoms. The summed E-state index contributed by atoms with van der Waals surface area (Å²) in [5, 5.41) is 7.36. The Labute approximate surface area is 169 Å². The molecule has 0 aliphatic carbocycles. The van der Waals surface area contributed by atoms with Gasteiger partial charge in [0.1, 0.15) is 11.3 Å². The van der Waals surface area contributed by atoms with Crippen LogP contribution < -0.4 is 10.1 Å². The minimum Gasteiger partial charge on any atom is -0.497 e. The zero-order valence-electron chi connectivity index (χ0n) is 16.6. The highest BCUT2D eigenvalue weighted by atomic mass is 16.5. The lowest BCUT2D eigenvalue weighted by molar-refractivity contribution is 0.0952. The molecule has 146 valence electrons. The fourth-order valence-corrected chi connectivity index (χ4v) is 3.23. The second-order valence-corrected chi connectivity index (χ2v) is 6.96. The number of nitrogens with one attached hydrogen (secondary N) is 1. The Morgan fingerprint density at radius 1 is 1.10 bits per heavy atom. The second-order valence-electron chi connectivity index (χ2n) is 6.96. The summed E-state index contributed by atoms with van der Waals surface area (Å²) in [5.41, 5.74) is 6.30. The Morgan fingerprint density at radius 3 is 2.76 bits per heavy atom. The van der Waals surface area contributed by atoms with Crippen molar-refractivity contribution in [2.24, 2.45) is 0 Å². The molecule has 0 atom stereocenters. The molecule has 0 fully saturated rings. The summed E-state index contributed by atoms with van der Waals surface area (Å²) < 4.78 is 6.94. The molecular weight excluding hydrogens is 364 g/mol. The largest absolute Gasteiger partial charge is 0.497 e. The molecule has 0 unspecified atom stereocenters. The van der Waals surface area contributed by atoms with Gasteiger partial charge in [0.15, 0.2) is 5.65 Å². The minimum atomic E-state index is -0.215. The predicted octanol–water partition coefficient (Wildman–Crippen LogP) is 3.95. The van der Waals surface area contributed by atoms with E-state index < -0.39 is 0 Å². The Bertz CT molecular complexity index is 1200. The molecule has 4 rings (SSSR count). The summed E-state index contributed by atoms with van der Waals surface area (Å²) in [6.45, 7) is 4.56. The summed E-state index contributed by atoms with van der Waals surface area (Å²) in [6.07, 6.45) is 3.27. The summed E-state index contributed by atoms with van der Waals surface area (Å²) in [5.74, 6) is 0.542. The normalized spacial score (nSPS) is 10.9. The summed E-state index contributed by atoms with van der Waals surface area (Å²) >= 11 is 0. The van der Waals surface area contributed by atoms with Gasteiger partial charge in [-0.05, 0) is 54.8 Å². The van der Waals surface area contributed by atoms with E-state index in [0.717, 1.165) is 22.6 Å². The lowest BCUT2D eigenvalue weighted by Crippen LogP contribution is -2.22. The van der Waals surface area contributed by atoms with Gasteiger partial charge in [0.25, 0.3) is 5.91 Å². The molecule has 29 heavy (non-hydrogen) atoms. The van der Waals surface area contributed by atoms with E-state index >= 15 is 0 Å². The Kier molecular flexibility index (Phi) is 4.99. The first-order valence-electron chi connectivity index (χ1n) is 9.38. The molecule has 1 N–H and O–H groups in total. The molecule has 4 aromatic rings. The maximum atomic E-state index is 12.8. The zero-order chi connectivity index (χ0) is 20.4. The minimum absolute atomic E-state index is 0.215. The number of hydrogen-bond acceptors (Lipinski definition) is 4. The molecule has 0 saturated heterocycles. The highest BCUT2D eigenvalue weighted by molar-refractivity contribution is 5.99. The van der Waals surface area contributed by atoms with Gasteiger partial charge < -0.3 is 10.1 Å². The Balaban J connectivity index is 1.61. The van der Waals surface area contributed by atoms with Gasteiger partial charge >= 0.3 is 0 Å². The molecule has 0 aliphatic rings. The highest BCUT2D eigenvalue weighted by Crippen LogP contribution is 2.23. The monoisotopic (exact) mass is 386 g/mol. The van der Waals surface area contributed by atoms with Gasteiger partial charge in [0.2, 0.25) is 0 Å². The van der Waals surface area contributed by atoms with Crippen LogP contribution in [-0.2, 0) is 6.54 Å². The van der Waals surface area contributed by atoms with Gasteiger partial charge in [-0.3, -0.25) is 4.79 Å². The number of nitrogens with zero attached hydrogens (tertiary/aromatic N) is 3. The van der Waals surface area contributed by atoms with Crippen molar-refractivity contribution in [1.29, 1.82) is 0 Å². The van der Waals surface area contributed by atoms with E-state index in [4.69, 9.17) is 4.74 Å². The third kappa shape index (κ3) is 3.69. The van der Waals surface area contributed by atoms with E-state index in [9.17, 15) is 4.79 Å². The first kappa shape index (κ1) is 18.7. The Morgan fingerprint density at radius 2 is 1.97 bits per heavy atom. The predicted molar refractivity (Wildman–Crippen MR) is 112 cm³/mol. The molecule has 1 amide bonds. The van der Waals surface area contributed by atoms with Crippen LogP contribution in [-0.4, -0.2) is 27.6 Å². The number of carbonyl (C=O) groups is 1. The van der Waals surface area contributed by atoms with E-state index in [0.29, 0.717) is 17.8 Å². The van der Waals surface area contributed by atoms with Crippen molar-refractivity contribution in [2.45, 2.75) is 20.4 Å². The number of aromatic nitrogens is 3. The first-order chi connectivity index (χ1) is 14.1. The van der Waals surface area contributed by atoms with Crippen LogP contribution >= 0.6 is 0 Å². The van der Waals surface area contributed by atoms with Crippen molar-refractivity contribution in [3.8, 4) is 17.0 Å². The van der Waals surface area contributed by atoms with Crippen LogP contribution in [0.2, 0.25) is 0 Å². The molecule has 2 aromatic carbocycles. The smallest absolute Gasteiger partial charge is 0.257 e. The van der Waals surface area contributed by atoms with Crippen molar-refractivity contribution < 1.29 is 9.53 Å². The third-order valence-corrected chi connectivity index (χ3v) is 5.04. The summed E-state index contributed by atoms with van der Waals surface area (Å²) in [4.78, 5) is 17.1. The van der Waals surface area contributed by atoms with Crippen LogP contribution in [0.15, 0.2) is 60.9 Å². The number of benzene rings is 2. The average Bonchev–Trinajstić information content (AvgIpc) is 3.18. The molecule has 0 radical (unpaired) electrons. The fourth-order valence-electron chi connectivity index (χ4n) is 3.23. The number of hydrogen-bond donors (Lipinski definition) is 1. The van der Waals surface area contributed by atoms with Gasteiger partial charge in [-0.15, -0.1) is 0 Å². The number of ether oxygens (including phenoxy) is 1. The van der Waals surface area contributed by atoms with Gasteiger partial charge in [0.05, 0.1) is 19.0 Å². The van der Waals surface area contributed by atoms with Gasteiger partial charge in [-0.2, -0.15) is 5.10 Å². The SMILES string of the molecule is COc1cccc(CNC(=O)c2cnn3c(-c4ccc(C)c(C)c4)ccnc23)c1. The lowest BCUT2D eigenvalue weighted by atomic mass is 10.0. The van der Waals surface area contributed by atoms with Crippen LogP contribution in [0.3, 0.4) is 0 Å². The molecular formula is C23H22N4O2. The van der Waals surface area contributed by atoms with Crippen molar-refractivity contribution in [1.82, 2.24) is 19.9 Å². The standard InChI is InChI=1S/C23H22N4O2/c1-15-7-8-18(11-16(15)2)21-9-10-24-22-20(14-26-27(21)22)23(28)25-13-17-5-4-6-19(12-17)29-3/h4-12,14H,13H2,1-3H3,(H,25,28). The molecule has 6 heteroatoms. The molecule has 0 saturated carbocycles. The van der Waals surface area contributed by atoms with Crippen molar-refractivity contribution in [3.63, 3.8) is 0 Å². The number of methoxy groups -OCH3 is 1. The van der Waals surface area contributed by atoms with Gasteiger partial charge in [-0.1, -0.05) is 24.3 Å². The van der Waals surface area contributed by atoms with Crippen LogP contribution in [0, 0.1) is 13.8 Å². The van der Waals surface area contributed by atoms with Gasteiger partial charge in [-0.25, -0.2) is 9.50 Å². The van der Waals surface area contributed by atoms with Crippen LogP contribution in [0.1, 0.15) is 27.0 Å². The Hall–Kier alpha value is -3.67. The first-order valence-corrected chi connectivity index (χ1v) is 9.38. The molecule has 6 nitrogen and oxygen atoms in total. The van der Waals surface area contributed by atoms with Crippen LogP contribution in [0.4, 0.5) is 0 Å². The number of fused-ring (bicyclic) bond motifs is 1. The number of rotatable bonds is 5. The van der Waals surface area contributed by atoms with E-state index in [1.165, 1.54) is 11.1 Å². The number of amides is 1. The van der Waals surface area contributed by atoms with Crippen molar-refractivity contribution in [2.75, 3.05) is 7.11 Å². The topological polar surface area (TPSA) is 68.5 Å². The molecule has 2 aromatic heterocycles. The number of aryl methyl sites for hydroxylation is 2. The maximum absolute atomic E-state index is 12.8. The van der Waals surface area contributed by atoms with E-state index in [1.807, 2.05) is 30.3 Å². The zero-order valence-corrected chi connectivity index (χ0v) is 16.6. The average molecular weight is 386 g/mol. The fraction of sp³-hybridized carbons (Fsp3) is 0.174. The van der Waals surface area contributed by atoms with Crippen LogP contribution in [0.5, 0.6) is 5.75 Å². The number of carbonyl (C=O) groups excluding carboxylic acids is 1. The van der Waals surface area contributed by atoms with E-state index in [1.54, 1.807) is 24.0 Å².